The summed E-state index contributed by atoms with van der Waals surface area (Å²) < 4.78 is 13.9. The molecule has 4 rings (SSSR count). The van der Waals surface area contributed by atoms with Crippen LogP contribution in [0.25, 0.3) is 10.2 Å². The second-order valence-corrected chi connectivity index (χ2v) is 7.60. The number of hydrogen-bond acceptors (Lipinski definition) is 4. The molecule has 0 radical (unpaired) electrons. The zero-order valence-electron chi connectivity index (χ0n) is 13.8. The Labute approximate surface area is 163 Å². The number of aromatic nitrogens is 1. The summed E-state index contributed by atoms with van der Waals surface area (Å²) in [6.45, 7) is 3.03. The maximum absolute atomic E-state index is 12.7. The fourth-order valence-electron chi connectivity index (χ4n) is 2.79. The predicted molar refractivity (Wildman–Crippen MR) is 103 cm³/mol. The molecule has 2 heterocycles. The minimum absolute atomic E-state index is 0.226. The van der Waals surface area contributed by atoms with Crippen molar-refractivity contribution < 1.29 is 14.3 Å². The fraction of sp³-hybridized carbons (Fsp3) is 0.222. The average molecular weight is 409 g/mol. The molecule has 0 bridgehead atoms. The zero-order valence-corrected chi connectivity index (χ0v) is 16.1. The number of carbonyl (C=O) groups is 1. The summed E-state index contributed by atoms with van der Waals surface area (Å²) in [5, 5.41) is 0.767. The van der Waals surface area contributed by atoms with Crippen molar-refractivity contribution in [3.05, 3.63) is 50.7 Å². The van der Waals surface area contributed by atoms with Gasteiger partial charge in [-0.2, -0.15) is 4.99 Å². The molecule has 0 saturated heterocycles. The molecule has 0 atom stereocenters. The van der Waals surface area contributed by atoms with E-state index in [1.807, 2.05) is 16.7 Å². The van der Waals surface area contributed by atoms with E-state index in [0.29, 0.717) is 26.3 Å². The van der Waals surface area contributed by atoms with Gasteiger partial charge in [0.2, 0.25) is 6.79 Å². The Morgan fingerprint density at radius 3 is 2.77 bits per heavy atom. The SMILES string of the molecule is CCCn1c(=NC(=O)c2cc(Cl)ccc2Cl)sc2cc3c(cc21)OCO3. The summed E-state index contributed by atoms with van der Waals surface area (Å²) >= 11 is 13.5. The number of aryl methyl sites for hydroxylation is 1. The van der Waals surface area contributed by atoms with E-state index in [-0.39, 0.29) is 12.4 Å². The van der Waals surface area contributed by atoms with Crippen molar-refractivity contribution in [2.24, 2.45) is 4.99 Å². The summed E-state index contributed by atoms with van der Waals surface area (Å²) in [4.78, 5) is 17.6. The summed E-state index contributed by atoms with van der Waals surface area (Å²) in [7, 11) is 0. The van der Waals surface area contributed by atoms with Gasteiger partial charge in [-0.3, -0.25) is 4.79 Å². The lowest BCUT2D eigenvalue weighted by atomic mass is 10.2. The standard InChI is InChI=1S/C18H14Cl2N2O3S/c1-2-5-22-13-7-14-15(25-9-24-14)8-16(13)26-18(22)21-17(23)11-6-10(19)3-4-12(11)20/h3-4,6-8H,2,5,9H2,1H3. The molecular formula is C18H14Cl2N2O3S. The molecule has 0 spiro atoms. The van der Waals surface area contributed by atoms with Crippen LogP contribution < -0.4 is 14.3 Å². The van der Waals surface area contributed by atoms with Crippen LogP contribution in [-0.4, -0.2) is 17.3 Å². The normalized spacial score (nSPS) is 13.6. The highest BCUT2D eigenvalue weighted by Gasteiger charge is 2.18. The highest BCUT2D eigenvalue weighted by Crippen LogP contribution is 2.37. The first-order chi connectivity index (χ1) is 12.6. The van der Waals surface area contributed by atoms with Crippen LogP contribution >= 0.6 is 34.5 Å². The molecule has 0 fully saturated rings. The van der Waals surface area contributed by atoms with Crippen LogP contribution in [0.2, 0.25) is 10.0 Å². The van der Waals surface area contributed by atoms with Crippen molar-refractivity contribution in [1.82, 2.24) is 4.57 Å². The number of benzene rings is 2. The molecule has 0 unspecified atom stereocenters. The lowest BCUT2D eigenvalue weighted by Crippen LogP contribution is -2.17. The second-order valence-electron chi connectivity index (χ2n) is 5.75. The Morgan fingerprint density at radius 1 is 1.23 bits per heavy atom. The molecule has 134 valence electrons. The number of rotatable bonds is 3. The molecule has 0 aliphatic carbocycles. The molecule has 8 heteroatoms. The largest absolute Gasteiger partial charge is 0.454 e. The first-order valence-electron chi connectivity index (χ1n) is 8.04. The summed E-state index contributed by atoms with van der Waals surface area (Å²) in [5.41, 5.74) is 1.25. The van der Waals surface area contributed by atoms with E-state index in [0.717, 1.165) is 23.2 Å². The van der Waals surface area contributed by atoms with Gasteiger partial charge in [0.25, 0.3) is 5.91 Å². The predicted octanol–water partition coefficient (Wildman–Crippen LogP) is 4.89. The van der Waals surface area contributed by atoms with Crippen molar-refractivity contribution in [3.63, 3.8) is 0 Å². The number of nitrogens with zero attached hydrogens (tertiary/aromatic N) is 2. The maximum atomic E-state index is 12.7. The fourth-order valence-corrected chi connectivity index (χ4v) is 4.23. The van der Waals surface area contributed by atoms with Gasteiger partial charge in [-0.15, -0.1) is 0 Å². The third kappa shape index (κ3) is 3.09. The van der Waals surface area contributed by atoms with Gasteiger partial charge in [0.1, 0.15) is 0 Å². The van der Waals surface area contributed by atoms with E-state index in [4.69, 9.17) is 32.7 Å². The third-order valence-electron chi connectivity index (χ3n) is 3.98. The number of carbonyl (C=O) groups excluding carboxylic acids is 1. The third-order valence-corrected chi connectivity index (χ3v) is 5.59. The molecule has 5 nitrogen and oxygen atoms in total. The van der Waals surface area contributed by atoms with Crippen molar-refractivity contribution >= 4 is 50.7 Å². The minimum atomic E-state index is -0.422. The topological polar surface area (TPSA) is 52.8 Å². The van der Waals surface area contributed by atoms with Crippen LogP contribution in [0.15, 0.2) is 35.3 Å². The van der Waals surface area contributed by atoms with Gasteiger partial charge in [-0.05, 0) is 24.6 Å². The minimum Gasteiger partial charge on any atom is -0.454 e. The molecule has 0 saturated carbocycles. The number of fused-ring (bicyclic) bond motifs is 2. The Kier molecular flexibility index (Phi) is 4.65. The lowest BCUT2D eigenvalue weighted by molar-refractivity contribution is 0.0998. The maximum Gasteiger partial charge on any atom is 0.281 e. The van der Waals surface area contributed by atoms with Gasteiger partial charge in [0.15, 0.2) is 16.3 Å². The Balaban J connectivity index is 1.87. The van der Waals surface area contributed by atoms with Crippen LogP contribution in [0.1, 0.15) is 23.7 Å². The Hall–Kier alpha value is -2.02. The first-order valence-corrected chi connectivity index (χ1v) is 9.61. The Bertz CT molecular complexity index is 1090. The van der Waals surface area contributed by atoms with Crippen molar-refractivity contribution in [2.45, 2.75) is 19.9 Å². The number of ether oxygens (including phenoxy) is 2. The van der Waals surface area contributed by atoms with E-state index in [1.165, 1.54) is 17.4 Å². The summed E-state index contributed by atoms with van der Waals surface area (Å²) in [5.74, 6) is 0.989. The van der Waals surface area contributed by atoms with Gasteiger partial charge in [-0.1, -0.05) is 41.5 Å². The van der Waals surface area contributed by atoms with Gasteiger partial charge in [-0.25, -0.2) is 0 Å². The zero-order chi connectivity index (χ0) is 18.3. The first kappa shape index (κ1) is 17.4. The number of thiazole rings is 1. The highest BCUT2D eigenvalue weighted by molar-refractivity contribution is 7.16. The molecule has 3 aromatic rings. The summed E-state index contributed by atoms with van der Waals surface area (Å²) in [6, 6.07) is 8.61. The molecule has 26 heavy (non-hydrogen) atoms. The van der Waals surface area contributed by atoms with Crippen molar-refractivity contribution in [1.29, 1.82) is 0 Å². The number of halogens is 2. The van der Waals surface area contributed by atoms with Crippen LogP contribution in [0, 0.1) is 0 Å². The Morgan fingerprint density at radius 2 is 2.00 bits per heavy atom. The van der Waals surface area contributed by atoms with Gasteiger partial charge in [0.05, 0.1) is 20.8 Å². The second kappa shape index (κ2) is 6.95. The van der Waals surface area contributed by atoms with E-state index in [9.17, 15) is 4.79 Å². The van der Waals surface area contributed by atoms with E-state index in [2.05, 4.69) is 11.9 Å². The van der Waals surface area contributed by atoms with Crippen LogP contribution in [0.3, 0.4) is 0 Å². The highest BCUT2D eigenvalue weighted by atomic mass is 35.5. The van der Waals surface area contributed by atoms with E-state index >= 15 is 0 Å². The molecule has 0 N–H and O–H groups in total. The van der Waals surface area contributed by atoms with Crippen molar-refractivity contribution in [2.75, 3.05) is 6.79 Å². The number of amides is 1. The van der Waals surface area contributed by atoms with Crippen LogP contribution in [0.4, 0.5) is 0 Å². The average Bonchev–Trinajstić information content (AvgIpc) is 3.20. The molecule has 1 amide bonds. The van der Waals surface area contributed by atoms with Crippen molar-refractivity contribution in [3.8, 4) is 11.5 Å². The molecule has 1 aliphatic rings. The lowest BCUT2D eigenvalue weighted by Gasteiger charge is -2.04. The number of hydrogen-bond donors (Lipinski definition) is 0. The van der Waals surface area contributed by atoms with E-state index in [1.54, 1.807) is 12.1 Å². The van der Waals surface area contributed by atoms with Gasteiger partial charge >= 0.3 is 0 Å². The van der Waals surface area contributed by atoms with Crippen LogP contribution in [0.5, 0.6) is 11.5 Å². The quantitative estimate of drug-likeness (QED) is 0.619. The van der Waals surface area contributed by atoms with Gasteiger partial charge < -0.3 is 14.0 Å². The molecule has 1 aliphatic heterocycles. The molecule has 2 aromatic carbocycles. The molecule has 1 aromatic heterocycles. The monoisotopic (exact) mass is 408 g/mol. The molecular weight excluding hydrogens is 395 g/mol. The smallest absolute Gasteiger partial charge is 0.281 e. The van der Waals surface area contributed by atoms with Crippen LogP contribution in [-0.2, 0) is 6.54 Å². The summed E-state index contributed by atoms with van der Waals surface area (Å²) in [6.07, 6.45) is 0.902. The van der Waals surface area contributed by atoms with E-state index < -0.39 is 5.91 Å². The van der Waals surface area contributed by atoms with Gasteiger partial charge in [0, 0.05) is 23.7 Å².